The fourth-order valence-electron chi connectivity index (χ4n) is 4.58. The summed E-state index contributed by atoms with van der Waals surface area (Å²) in [6.45, 7) is 7.51. The van der Waals surface area contributed by atoms with E-state index in [9.17, 15) is 28.0 Å². The van der Waals surface area contributed by atoms with Crippen LogP contribution >= 0.6 is 0 Å². The van der Waals surface area contributed by atoms with Gasteiger partial charge in [-0.3, -0.25) is 24.3 Å². The zero-order valence-electron chi connectivity index (χ0n) is 23.7. The third-order valence-corrected chi connectivity index (χ3v) is 7.77. The van der Waals surface area contributed by atoms with E-state index in [1.165, 1.54) is 6.07 Å². The van der Waals surface area contributed by atoms with Gasteiger partial charge in [0.15, 0.2) is 0 Å². The number of carbonyl (C=O) groups excluding carboxylic acids is 3. The van der Waals surface area contributed by atoms with Gasteiger partial charge in [0.1, 0.15) is 5.69 Å². The lowest BCUT2D eigenvalue weighted by atomic mass is 10.0. The summed E-state index contributed by atoms with van der Waals surface area (Å²) in [6, 6.07) is 15.1. The van der Waals surface area contributed by atoms with Gasteiger partial charge < -0.3 is 5.32 Å². The highest BCUT2D eigenvalue weighted by molar-refractivity contribution is 7.90. The van der Waals surface area contributed by atoms with Gasteiger partial charge in [0, 0.05) is 24.2 Å². The Morgan fingerprint density at radius 1 is 1.12 bits per heavy atom. The van der Waals surface area contributed by atoms with Crippen molar-refractivity contribution in [3.8, 4) is 11.1 Å². The number of nitrogens with zero attached hydrogens (tertiary/aromatic N) is 3. The smallest absolute Gasteiger partial charge is 0.272 e. The van der Waals surface area contributed by atoms with Gasteiger partial charge in [0.25, 0.3) is 15.9 Å². The fourth-order valence-corrected chi connectivity index (χ4v) is 5.80. The van der Waals surface area contributed by atoms with Crippen LogP contribution in [0.25, 0.3) is 11.1 Å². The summed E-state index contributed by atoms with van der Waals surface area (Å²) in [5.41, 5.74) is 3.14. The predicted octanol–water partition coefficient (Wildman–Crippen LogP) is 3.37. The second kappa shape index (κ2) is 14.0. The Kier molecular flexibility index (Phi) is 10.8. The Morgan fingerprint density at radius 3 is 2.41 bits per heavy atom. The first-order valence-corrected chi connectivity index (χ1v) is 14.9. The summed E-state index contributed by atoms with van der Waals surface area (Å²) in [5.74, 6) is -0.829. The number of benzene rings is 2. The van der Waals surface area contributed by atoms with Gasteiger partial charge in [0.05, 0.1) is 18.0 Å². The van der Waals surface area contributed by atoms with E-state index in [-0.39, 0.29) is 23.1 Å². The third kappa shape index (κ3) is 8.73. The van der Waals surface area contributed by atoms with Crippen molar-refractivity contribution in [1.29, 1.82) is 0 Å². The van der Waals surface area contributed by atoms with Crippen molar-refractivity contribution >= 4 is 28.2 Å². The lowest BCUT2D eigenvalue weighted by Gasteiger charge is -2.22. The van der Waals surface area contributed by atoms with Crippen molar-refractivity contribution in [2.24, 2.45) is 5.92 Å². The van der Waals surface area contributed by atoms with E-state index in [4.69, 9.17) is 0 Å². The Labute approximate surface area is 240 Å². The van der Waals surface area contributed by atoms with Gasteiger partial charge in [-0.25, -0.2) is 18.2 Å². The summed E-state index contributed by atoms with van der Waals surface area (Å²) in [6.07, 6.45) is 2.43. The first-order chi connectivity index (χ1) is 19.4. The van der Waals surface area contributed by atoms with Crippen LogP contribution in [0.1, 0.15) is 62.3 Å². The summed E-state index contributed by atoms with van der Waals surface area (Å²) in [5, 5.41) is 17.6. The third-order valence-electron chi connectivity index (χ3n) is 6.27. The molecule has 0 saturated carbocycles. The molecule has 1 aromatic heterocycles. The van der Waals surface area contributed by atoms with Gasteiger partial charge in [0.2, 0.25) is 12.3 Å². The van der Waals surface area contributed by atoms with Crippen LogP contribution in [-0.4, -0.2) is 59.3 Å². The van der Waals surface area contributed by atoms with Crippen molar-refractivity contribution in [1.82, 2.24) is 24.9 Å². The molecule has 3 aromatic rings. The molecule has 3 N–H and O–H groups in total. The van der Waals surface area contributed by atoms with Crippen LogP contribution in [0.15, 0.2) is 59.5 Å². The van der Waals surface area contributed by atoms with Crippen molar-refractivity contribution in [2.75, 3.05) is 6.54 Å². The van der Waals surface area contributed by atoms with Crippen molar-refractivity contribution in [3.05, 3.63) is 71.5 Å². The molecule has 1 heterocycles. The van der Waals surface area contributed by atoms with Crippen LogP contribution < -0.4 is 10.0 Å². The van der Waals surface area contributed by atoms with Crippen LogP contribution in [0.4, 0.5) is 0 Å². The number of hydrogen-bond donors (Lipinski definition) is 3. The molecule has 12 heteroatoms. The number of rotatable bonds is 14. The monoisotopic (exact) mass is 583 g/mol. The average molecular weight is 584 g/mol. The Balaban J connectivity index is 1.83. The summed E-state index contributed by atoms with van der Waals surface area (Å²) in [7, 11) is -4.02. The van der Waals surface area contributed by atoms with Gasteiger partial charge in [-0.1, -0.05) is 69.7 Å². The maximum absolute atomic E-state index is 13.1. The minimum atomic E-state index is -4.02. The van der Waals surface area contributed by atoms with Crippen molar-refractivity contribution in [3.63, 3.8) is 0 Å². The summed E-state index contributed by atoms with van der Waals surface area (Å²) >= 11 is 0. The maximum atomic E-state index is 13.1. The zero-order chi connectivity index (χ0) is 30.2. The number of carbonyl (C=O) groups is 3. The van der Waals surface area contributed by atoms with Crippen molar-refractivity contribution < 1.29 is 28.0 Å². The summed E-state index contributed by atoms with van der Waals surface area (Å²) in [4.78, 5) is 35.4. The number of amides is 3. The van der Waals surface area contributed by atoms with Crippen LogP contribution in [0.3, 0.4) is 0 Å². The molecule has 0 aliphatic heterocycles. The SMILES string of the molecule is CCCc1cc(C(=O)N[C@H](CC(C)C)CN(O)C=O)nn1Cc1ccc(-c2ccccc2S(=O)(=O)NC(C)=O)cc1. The van der Waals surface area contributed by atoms with E-state index in [1.54, 1.807) is 41.1 Å². The van der Waals surface area contributed by atoms with Crippen LogP contribution in [0.2, 0.25) is 0 Å². The molecule has 0 saturated heterocycles. The molecule has 0 bridgehead atoms. The molecule has 2 aromatic carbocycles. The lowest BCUT2D eigenvalue weighted by Crippen LogP contribution is -2.43. The predicted molar refractivity (Wildman–Crippen MR) is 153 cm³/mol. The van der Waals surface area contributed by atoms with Gasteiger partial charge in [-0.15, -0.1) is 0 Å². The highest BCUT2D eigenvalue weighted by atomic mass is 32.2. The van der Waals surface area contributed by atoms with Gasteiger partial charge in [-0.05, 0) is 42.0 Å². The number of hydroxylamine groups is 2. The zero-order valence-corrected chi connectivity index (χ0v) is 24.5. The number of aromatic nitrogens is 2. The molecule has 0 spiro atoms. The second-order valence-electron chi connectivity index (χ2n) is 10.3. The number of sulfonamides is 1. The maximum Gasteiger partial charge on any atom is 0.272 e. The Morgan fingerprint density at radius 2 is 1.80 bits per heavy atom. The van der Waals surface area contributed by atoms with E-state index in [1.807, 2.05) is 37.6 Å². The molecule has 0 radical (unpaired) electrons. The minimum Gasteiger partial charge on any atom is -0.346 e. The molecule has 0 fully saturated rings. The summed E-state index contributed by atoms with van der Waals surface area (Å²) < 4.78 is 29.1. The van der Waals surface area contributed by atoms with Crippen molar-refractivity contribution in [2.45, 2.75) is 64.4 Å². The van der Waals surface area contributed by atoms with E-state index in [2.05, 4.69) is 10.4 Å². The normalized spacial score (nSPS) is 12.1. The largest absolute Gasteiger partial charge is 0.346 e. The Bertz CT molecular complexity index is 1470. The second-order valence-corrected chi connectivity index (χ2v) is 12.0. The van der Waals surface area contributed by atoms with E-state index >= 15 is 0 Å². The van der Waals surface area contributed by atoms with Gasteiger partial charge in [-0.2, -0.15) is 5.10 Å². The van der Waals surface area contributed by atoms with Crippen LogP contribution in [0, 0.1) is 5.92 Å². The molecule has 1 atom stereocenters. The fraction of sp³-hybridized carbons (Fsp3) is 0.379. The molecular formula is C29H37N5O6S. The molecule has 41 heavy (non-hydrogen) atoms. The first kappa shape index (κ1) is 31.5. The molecular weight excluding hydrogens is 546 g/mol. The van der Waals surface area contributed by atoms with E-state index in [0.29, 0.717) is 42.0 Å². The minimum absolute atomic E-state index is 0.00384. The topological polar surface area (TPSA) is 151 Å². The number of hydrogen-bond acceptors (Lipinski definition) is 7. The number of nitrogens with one attached hydrogen (secondary N) is 2. The molecule has 3 rings (SSSR count). The quantitative estimate of drug-likeness (QED) is 0.150. The van der Waals surface area contributed by atoms with Gasteiger partial charge >= 0.3 is 0 Å². The molecule has 0 unspecified atom stereocenters. The molecule has 0 aliphatic rings. The molecule has 0 aliphatic carbocycles. The molecule has 11 nitrogen and oxygen atoms in total. The van der Waals surface area contributed by atoms with Crippen LogP contribution in [0.5, 0.6) is 0 Å². The Hall–Kier alpha value is -4.03. The highest BCUT2D eigenvalue weighted by Gasteiger charge is 2.22. The van der Waals surface area contributed by atoms with E-state index < -0.39 is 27.9 Å². The first-order valence-electron chi connectivity index (χ1n) is 13.4. The van der Waals surface area contributed by atoms with E-state index in [0.717, 1.165) is 24.6 Å². The average Bonchev–Trinajstić information content (AvgIpc) is 3.30. The molecule has 3 amide bonds. The number of aryl methyl sites for hydroxylation is 1. The highest BCUT2D eigenvalue weighted by Crippen LogP contribution is 2.27. The molecule has 220 valence electrons. The lowest BCUT2D eigenvalue weighted by molar-refractivity contribution is -0.151. The van der Waals surface area contributed by atoms with Crippen LogP contribution in [-0.2, 0) is 32.6 Å². The standard InChI is InChI=1S/C29H37N5O6S/c1-5-8-25-16-27(29(37)30-24(15-20(2)3)18-33(38)19-35)31-34(25)17-22-11-13-23(14-12-22)26-9-6-7-10-28(26)41(39,40)32-21(4)36/h6-7,9-14,16,19-20,24,38H,5,8,15,17-18H2,1-4H3,(H,30,37)(H,32,36)/t24-/m1/s1.